The Balaban J connectivity index is 4.01. The van der Waals surface area contributed by atoms with Gasteiger partial charge in [-0.15, -0.1) is 0 Å². The van der Waals surface area contributed by atoms with Gasteiger partial charge in [-0.1, -0.05) is 13.8 Å². The van der Waals surface area contributed by atoms with Crippen LogP contribution in [-0.4, -0.2) is 24.0 Å². The Labute approximate surface area is 67.7 Å². The first-order chi connectivity index (χ1) is 5.00. The minimum Gasteiger partial charge on any atom is -0.324 e. The number of hydrogen-bond donors (Lipinski definition) is 2. The summed E-state index contributed by atoms with van der Waals surface area (Å²) < 4.78 is 0. The van der Waals surface area contributed by atoms with Crippen LogP contribution in [0.3, 0.4) is 0 Å². The molecule has 0 aromatic heterocycles. The molecule has 0 aliphatic rings. The molecule has 1 unspecified atom stereocenters. The van der Waals surface area contributed by atoms with E-state index in [1.807, 2.05) is 6.92 Å². The van der Waals surface area contributed by atoms with E-state index in [1.165, 1.54) is 0 Å². The van der Waals surface area contributed by atoms with Crippen molar-refractivity contribution in [3.63, 3.8) is 0 Å². The van der Waals surface area contributed by atoms with E-state index in [0.29, 0.717) is 5.92 Å². The van der Waals surface area contributed by atoms with Crippen molar-refractivity contribution in [2.24, 2.45) is 11.8 Å². The Kier molecular flexibility index (Phi) is 3.89. The molecule has 0 bridgehead atoms. The van der Waals surface area contributed by atoms with Gasteiger partial charge in [0.25, 0.3) is 0 Å². The van der Waals surface area contributed by atoms with E-state index in [1.54, 1.807) is 11.9 Å². The number of nitrogens with zero attached hydrogens (tertiary/aromatic N) is 1. The highest BCUT2D eigenvalue weighted by molar-refractivity contribution is 5.73. The van der Waals surface area contributed by atoms with Crippen molar-refractivity contribution in [3.05, 3.63) is 0 Å². The molecule has 0 spiro atoms. The van der Waals surface area contributed by atoms with Gasteiger partial charge in [-0.25, -0.2) is 10.6 Å². The number of carbonyl (C=O) groups is 1. The molecule has 4 nitrogen and oxygen atoms in total. The first kappa shape index (κ1) is 10.2. The standard InChI is InChI=1S/C7H17N3O/c1-5(2)6(3)10(4)7(11)9-8/h5-6H,8H2,1-4H3,(H,9,11). The van der Waals surface area contributed by atoms with Gasteiger partial charge in [0.2, 0.25) is 0 Å². The minimum absolute atomic E-state index is 0.207. The van der Waals surface area contributed by atoms with Gasteiger partial charge in [-0.05, 0) is 12.8 Å². The SMILES string of the molecule is CC(C)C(C)N(C)C(=O)NN. The third-order valence-corrected chi connectivity index (χ3v) is 2.02. The van der Waals surface area contributed by atoms with E-state index in [9.17, 15) is 4.79 Å². The molecule has 0 radical (unpaired) electrons. The molecule has 3 N–H and O–H groups in total. The molecule has 0 aliphatic heterocycles. The summed E-state index contributed by atoms with van der Waals surface area (Å²) in [6, 6.07) is -0.0373. The molecule has 2 amide bonds. The first-order valence-corrected chi connectivity index (χ1v) is 3.74. The molecule has 1 atom stereocenters. The molecule has 0 aromatic carbocycles. The van der Waals surface area contributed by atoms with E-state index >= 15 is 0 Å². The normalized spacial score (nSPS) is 12.9. The zero-order valence-electron chi connectivity index (χ0n) is 7.59. The molecule has 0 fully saturated rings. The molecule has 0 aromatic rings. The number of amides is 2. The molecule has 11 heavy (non-hydrogen) atoms. The molecule has 0 saturated carbocycles. The number of carbonyl (C=O) groups excluding carboxylic acids is 1. The second-order valence-corrected chi connectivity index (χ2v) is 3.05. The van der Waals surface area contributed by atoms with Gasteiger partial charge in [0.1, 0.15) is 0 Å². The number of urea groups is 1. The summed E-state index contributed by atoms with van der Waals surface area (Å²) in [6.07, 6.45) is 0. The van der Waals surface area contributed by atoms with E-state index < -0.39 is 0 Å². The average Bonchev–Trinajstić information content (AvgIpc) is 2.00. The molecule has 0 rings (SSSR count). The Hall–Kier alpha value is -0.770. The van der Waals surface area contributed by atoms with Crippen LogP contribution in [0.5, 0.6) is 0 Å². The maximum Gasteiger partial charge on any atom is 0.331 e. The Morgan fingerprint density at radius 2 is 1.91 bits per heavy atom. The lowest BCUT2D eigenvalue weighted by atomic mass is 10.1. The van der Waals surface area contributed by atoms with Crippen LogP contribution in [0.1, 0.15) is 20.8 Å². The van der Waals surface area contributed by atoms with Gasteiger partial charge < -0.3 is 4.90 Å². The van der Waals surface area contributed by atoms with Crippen LogP contribution in [0.4, 0.5) is 4.79 Å². The third kappa shape index (κ3) is 2.76. The number of rotatable bonds is 2. The van der Waals surface area contributed by atoms with Crippen LogP contribution in [0, 0.1) is 5.92 Å². The fourth-order valence-electron chi connectivity index (χ4n) is 0.734. The summed E-state index contributed by atoms with van der Waals surface area (Å²) in [5.41, 5.74) is 2.09. The fraction of sp³-hybridized carbons (Fsp3) is 0.857. The number of hydrazine groups is 1. The smallest absolute Gasteiger partial charge is 0.324 e. The lowest BCUT2D eigenvalue weighted by molar-refractivity contribution is 0.180. The number of hydrogen-bond acceptors (Lipinski definition) is 2. The Morgan fingerprint density at radius 1 is 1.45 bits per heavy atom. The lowest BCUT2D eigenvalue weighted by Gasteiger charge is -2.27. The molecule has 0 heterocycles. The number of nitrogens with one attached hydrogen (secondary N) is 1. The monoisotopic (exact) mass is 159 g/mol. The van der Waals surface area contributed by atoms with Gasteiger partial charge in [-0.2, -0.15) is 0 Å². The maximum atomic E-state index is 10.9. The predicted molar refractivity (Wildman–Crippen MR) is 44.8 cm³/mol. The maximum absolute atomic E-state index is 10.9. The highest BCUT2D eigenvalue weighted by Gasteiger charge is 2.16. The lowest BCUT2D eigenvalue weighted by Crippen LogP contribution is -2.46. The van der Waals surface area contributed by atoms with E-state index in [4.69, 9.17) is 5.84 Å². The van der Waals surface area contributed by atoms with E-state index in [2.05, 4.69) is 19.3 Å². The van der Waals surface area contributed by atoms with E-state index in [-0.39, 0.29) is 12.1 Å². The van der Waals surface area contributed by atoms with Crippen molar-refractivity contribution in [3.8, 4) is 0 Å². The van der Waals surface area contributed by atoms with Crippen molar-refractivity contribution in [2.45, 2.75) is 26.8 Å². The molecule has 0 aliphatic carbocycles. The largest absolute Gasteiger partial charge is 0.331 e. The van der Waals surface area contributed by atoms with Gasteiger partial charge in [0.05, 0.1) is 0 Å². The van der Waals surface area contributed by atoms with Crippen molar-refractivity contribution in [1.82, 2.24) is 10.3 Å². The van der Waals surface area contributed by atoms with Crippen LogP contribution in [0.25, 0.3) is 0 Å². The Bertz CT molecular complexity index is 136. The molecule has 0 saturated heterocycles. The Morgan fingerprint density at radius 3 is 2.18 bits per heavy atom. The van der Waals surface area contributed by atoms with Crippen molar-refractivity contribution >= 4 is 6.03 Å². The average molecular weight is 159 g/mol. The zero-order chi connectivity index (χ0) is 9.02. The second kappa shape index (κ2) is 4.18. The first-order valence-electron chi connectivity index (χ1n) is 3.74. The van der Waals surface area contributed by atoms with Gasteiger partial charge >= 0.3 is 6.03 Å². The van der Waals surface area contributed by atoms with Gasteiger partial charge in [0.15, 0.2) is 0 Å². The second-order valence-electron chi connectivity index (χ2n) is 3.05. The van der Waals surface area contributed by atoms with Gasteiger partial charge in [0, 0.05) is 13.1 Å². The third-order valence-electron chi connectivity index (χ3n) is 2.02. The molecule has 4 heteroatoms. The molecular formula is C7H17N3O. The number of nitrogens with two attached hydrogens (primary N) is 1. The van der Waals surface area contributed by atoms with E-state index in [0.717, 1.165) is 0 Å². The topological polar surface area (TPSA) is 58.4 Å². The summed E-state index contributed by atoms with van der Waals surface area (Å²) in [4.78, 5) is 12.5. The summed E-state index contributed by atoms with van der Waals surface area (Å²) >= 11 is 0. The van der Waals surface area contributed by atoms with Crippen LogP contribution >= 0.6 is 0 Å². The quantitative estimate of drug-likeness (QED) is 0.351. The fourth-order valence-corrected chi connectivity index (χ4v) is 0.734. The van der Waals surface area contributed by atoms with Crippen molar-refractivity contribution < 1.29 is 4.79 Å². The van der Waals surface area contributed by atoms with Gasteiger partial charge in [-0.3, -0.25) is 5.43 Å². The van der Waals surface area contributed by atoms with Crippen LogP contribution < -0.4 is 11.3 Å². The predicted octanol–water partition coefficient (Wildman–Crippen LogP) is 0.546. The minimum atomic E-state index is -0.244. The van der Waals surface area contributed by atoms with Crippen LogP contribution in [-0.2, 0) is 0 Å². The van der Waals surface area contributed by atoms with Crippen LogP contribution in [0.15, 0.2) is 0 Å². The highest BCUT2D eigenvalue weighted by atomic mass is 16.2. The summed E-state index contributed by atoms with van der Waals surface area (Å²) in [5.74, 6) is 5.41. The summed E-state index contributed by atoms with van der Waals surface area (Å²) in [5, 5.41) is 0. The van der Waals surface area contributed by atoms with Crippen LogP contribution in [0.2, 0.25) is 0 Å². The summed E-state index contributed by atoms with van der Waals surface area (Å²) in [7, 11) is 1.73. The molecule has 66 valence electrons. The van der Waals surface area contributed by atoms with Crippen molar-refractivity contribution in [1.29, 1.82) is 0 Å². The molecular weight excluding hydrogens is 142 g/mol. The highest BCUT2D eigenvalue weighted by Crippen LogP contribution is 2.07. The summed E-state index contributed by atoms with van der Waals surface area (Å²) in [6.45, 7) is 6.11. The zero-order valence-corrected chi connectivity index (χ0v) is 7.59. The van der Waals surface area contributed by atoms with Crippen molar-refractivity contribution in [2.75, 3.05) is 7.05 Å².